The molecule has 0 saturated heterocycles. The van der Waals surface area contributed by atoms with Crippen molar-refractivity contribution in [1.29, 1.82) is 0 Å². The SMILES string of the molecule is CCSC1CCCC(NC2CCCC2C)C1. The van der Waals surface area contributed by atoms with E-state index in [0.717, 1.165) is 23.3 Å². The van der Waals surface area contributed by atoms with E-state index in [4.69, 9.17) is 0 Å². The second-order valence-electron chi connectivity index (χ2n) is 5.62. The summed E-state index contributed by atoms with van der Waals surface area (Å²) < 4.78 is 0. The van der Waals surface area contributed by atoms with Gasteiger partial charge in [-0.05, 0) is 43.8 Å². The van der Waals surface area contributed by atoms with Crippen molar-refractivity contribution in [2.45, 2.75) is 76.1 Å². The second kappa shape index (κ2) is 6.30. The predicted octanol–water partition coefficient (Wildman–Crippen LogP) is 3.83. The Balaban J connectivity index is 1.76. The van der Waals surface area contributed by atoms with Gasteiger partial charge < -0.3 is 5.32 Å². The van der Waals surface area contributed by atoms with Crippen LogP contribution in [-0.2, 0) is 0 Å². The van der Waals surface area contributed by atoms with Gasteiger partial charge in [0.25, 0.3) is 0 Å². The number of rotatable bonds is 4. The van der Waals surface area contributed by atoms with Crippen LogP contribution in [0.5, 0.6) is 0 Å². The fraction of sp³-hybridized carbons (Fsp3) is 1.00. The topological polar surface area (TPSA) is 12.0 Å². The van der Waals surface area contributed by atoms with E-state index < -0.39 is 0 Å². The minimum Gasteiger partial charge on any atom is -0.311 e. The first kappa shape index (κ1) is 12.8. The molecular weight excluding hydrogens is 214 g/mol. The molecule has 2 aliphatic carbocycles. The van der Waals surface area contributed by atoms with Crippen molar-refractivity contribution in [3.8, 4) is 0 Å². The third-order valence-corrected chi connectivity index (χ3v) is 5.57. The number of hydrogen-bond acceptors (Lipinski definition) is 2. The van der Waals surface area contributed by atoms with E-state index in [1.165, 1.54) is 50.7 Å². The van der Waals surface area contributed by atoms with E-state index in [0.29, 0.717) is 0 Å². The van der Waals surface area contributed by atoms with Crippen LogP contribution in [0.15, 0.2) is 0 Å². The van der Waals surface area contributed by atoms with Gasteiger partial charge in [0, 0.05) is 17.3 Å². The molecule has 0 aromatic carbocycles. The van der Waals surface area contributed by atoms with Crippen LogP contribution in [0.25, 0.3) is 0 Å². The first-order valence-corrected chi connectivity index (χ1v) is 8.22. The lowest BCUT2D eigenvalue weighted by atomic mass is 9.93. The molecule has 16 heavy (non-hydrogen) atoms. The van der Waals surface area contributed by atoms with Crippen LogP contribution >= 0.6 is 11.8 Å². The molecule has 0 radical (unpaired) electrons. The lowest BCUT2D eigenvalue weighted by molar-refractivity contribution is 0.313. The highest BCUT2D eigenvalue weighted by Gasteiger charge is 2.28. The van der Waals surface area contributed by atoms with Gasteiger partial charge in [0.2, 0.25) is 0 Å². The van der Waals surface area contributed by atoms with Gasteiger partial charge in [0.1, 0.15) is 0 Å². The average Bonchev–Trinajstić information content (AvgIpc) is 2.66. The van der Waals surface area contributed by atoms with Crippen molar-refractivity contribution in [2.75, 3.05) is 5.75 Å². The zero-order chi connectivity index (χ0) is 11.4. The van der Waals surface area contributed by atoms with Gasteiger partial charge in [0.05, 0.1) is 0 Å². The Labute approximate surface area is 105 Å². The van der Waals surface area contributed by atoms with Gasteiger partial charge in [-0.15, -0.1) is 0 Å². The quantitative estimate of drug-likeness (QED) is 0.803. The fourth-order valence-electron chi connectivity index (χ4n) is 3.38. The molecule has 2 fully saturated rings. The zero-order valence-electron chi connectivity index (χ0n) is 10.9. The summed E-state index contributed by atoms with van der Waals surface area (Å²) in [6, 6.07) is 1.65. The molecule has 0 amide bonds. The maximum atomic E-state index is 3.94. The van der Waals surface area contributed by atoms with Crippen molar-refractivity contribution < 1.29 is 0 Å². The molecule has 2 heteroatoms. The molecule has 0 heterocycles. The molecule has 2 rings (SSSR count). The molecule has 1 nitrogen and oxygen atoms in total. The lowest BCUT2D eigenvalue weighted by Crippen LogP contribution is -2.42. The van der Waals surface area contributed by atoms with Crippen molar-refractivity contribution in [2.24, 2.45) is 5.92 Å². The number of hydrogen-bond donors (Lipinski definition) is 1. The van der Waals surface area contributed by atoms with Gasteiger partial charge in [0.15, 0.2) is 0 Å². The van der Waals surface area contributed by atoms with Crippen LogP contribution in [0.2, 0.25) is 0 Å². The third-order valence-electron chi connectivity index (χ3n) is 4.34. The first-order valence-electron chi connectivity index (χ1n) is 7.17. The van der Waals surface area contributed by atoms with Crippen LogP contribution in [0, 0.1) is 5.92 Å². The molecule has 0 bridgehead atoms. The van der Waals surface area contributed by atoms with Crippen molar-refractivity contribution in [3.63, 3.8) is 0 Å². The monoisotopic (exact) mass is 241 g/mol. The van der Waals surface area contributed by atoms with Crippen LogP contribution in [-0.4, -0.2) is 23.1 Å². The molecule has 2 saturated carbocycles. The number of thioether (sulfide) groups is 1. The van der Waals surface area contributed by atoms with Gasteiger partial charge in [-0.1, -0.05) is 26.7 Å². The molecule has 0 aliphatic heterocycles. The first-order chi connectivity index (χ1) is 7.79. The fourth-order valence-corrected chi connectivity index (χ4v) is 4.55. The number of nitrogens with one attached hydrogen (secondary N) is 1. The van der Waals surface area contributed by atoms with Crippen molar-refractivity contribution >= 4 is 11.8 Å². The van der Waals surface area contributed by atoms with E-state index in [2.05, 4.69) is 30.9 Å². The van der Waals surface area contributed by atoms with Crippen molar-refractivity contribution in [1.82, 2.24) is 5.32 Å². The summed E-state index contributed by atoms with van der Waals surface area (Å²) in [6.45, 7) is 4.71. The summed E-state index contributed by atoms with van der Waals surface area (Å²) in [4.78, 5) is 0. The molecule has 0 spiro atoms. The van der Waals surface area contributed by atoms with E-state index >= 15 is 0 Å². The average molecular weight is 241 g/mol. The maximum Gasteiger partial charge on any atom is 0.00952 e. The highest BCUT2D eigenvalue weighted by atomic mass is 32.2. The Bertz CT molecular complexity index is 205. The Hall–Kier alpha value is 0.310. The van der Waals surface area contributed by atoms with Gasteiger partial charge in [-0.3, -0.25) is 0 Å². The smallest absolute Gasteiger partial charge is 0.00952 e. The minimum atomic E-state index is 0.823. The largest absolute Gasteiger partial charge is 0.311 e. The summed E-state index contributed by atoms with van der Waals surface area (Å²) in [5.74, 6) is 2.20. The van der Waals surface area contributed by atoms with Crippen LogP contribution in [0.4, 0.5) is 0 Å². The van der Waals surface area contributed by atoms with Gasteiger partial charge in [-0.2, -0.15) is 11.8 Å². The zero-order valence-corrected chi connectivity index (χ0v) is 11.7. The Morgan fingerprint density at radius 3 is 2.62 bits per heavy atom. The summed E-state index contributed by atoms with van der Waals surface area (Å²) in [5.41, 5.74) is 0. The van der Waals surface area contributed by atoms with Crippen LogP contribution in [0.1, 0.15) is 58.8 Å². The summed E-state index contributed by atoms with van der Waals surface area (Å²) in [5, 5.41) is 4.88. The Morgan fingerprint density at radius 2 is 1.94 bits per heavy atom. The van der Waals surface area contributed by atoms with Crippen molar-refractivity contribution in [3.05, 3.63) is 0 Å². The molecule has 2 aliphatic rings. The minimum absolute atomic E-state index is 0.823. The summed E-state index contributed by atoms with van der Waals surface area (Å²) >= 11 is 2.17. The summed E-state index contributed by atoms with van der Waals surface area (Å²) in [6.07, 6.45) is 10.0. The maximum absolute atomic E-state index is 3.94. The molecule has 4 atom stereocenters. The molecule has 4 unspecified atom stereocenters. The van der Waals surface area contributed by atoms with Crippen LogP contribution < -0.4 is 5.32 Å². The normalized spacial score (nSPS) is 40.1. The Morgan fingerprint density at radius 1 is 1.12 bits per heavy atom. The molecule has 94 valence electrons. The van der Waals surface area contributed by atoms with Crippen LogP contribution in [0.3, 0.4) is 0 Å². The molecular formula is C14H27NS. The highest BCUT2D eigenvalue weighted by molar-refractivity contribution is 7.99. The molecule has 0 aromatic heterocycles. The van der Waals surface area contributed by atoms with E-state index in [9.17, 15) is 0 Å². The standard InChI is InChI=1S/C14H27NS/c1-3-16-13-8-5-7-12(10-13)15-14-9-4-6-11(14)2/h11-15H,3-10H2,1-2H3. The van der Waals surface area contributed by atoms with Gasteiger partial charge >= 0.3 is 0 Å². The van der Waals surface area contributed by atoms with E-state index in [1.54, 1.807) is 0 Å². The van der Waals surface area contributed by atoms with Gasteiger partial charge in [-0.25, -0.2) is 0 Å². The third kappa shape index (κ3) is 3.40. The molecule has 0 aromatic rings. The Kier molecular flexibility index (Phi) is 5.02. The van der Waals surface area contributed by atoms with E-state index in [1.807, 2.05) is 0 Å². The predicted molar refractivity (Wildman–Crippen MR) is 74.1 cm³/mol. The highest BCUT2D eigenvalue weighted by Crippen LogP contribution is 2.31. The van der Waals surface area contributed by atoms with E-state index in [-0.39, 0.29) is 0 Å². The summed E-state index contributed by atoms with van der Waals surface area (Å²) in [7, 11) is 0. The molecule has 1 N–H and O–H groups in total. The second-order valence-corrected chi connectivity index (χ2v) is 7.20. The lowest BCUT2D eigenvalue weighted by Gasteiger charge is -2.32.